The number of para-hydroxylation sites is 1. The number of amides is 2. The van der Waals surface area contributed by atoms with E-state index in [1.807, 2.05) is 13.8 Å². The van der Waals surface area contributed by atoms with Crippen LogP contribution in [0, 0.1) is 6.92 Å². The van der Waals surface area contributed by atoms with Crippen molar-refractivity contribution in [2.24, 2.45) is 0 Å². The third-order valence-electron chi connectivity index (χ3n) is 4.62. The molecule has 0 aliphatic carbocycles. The molecule has 2 N–H and O–H groups in total. The van der Waals surface area contributed by atoms with Gasteiger partial charge in [0.1, 0.15) is 6.04 Å². The summed E-state index contributed by atoms with van der Waals surface area (Å²) >= 11 is 0. The van der Waals surface area contributed by atoms with Gasteiger partial charge in [0.2, 0.25) is 15.9 Å². The molecule has 162 valence electrons. The van der Waals surface area contributed by atoms with E-state index in [1.54, 1.807) is 48.5 Å². The molecule has 0 aliphatic rings. The molecule has 1 atom stereocenters. The van der Waals surface area contributed by atoms with E-state index in [-0.39, 0.29) is 5.91 Å². The minimum absolute atomic E-state index is 0.287. The zero-order chi connectivity index (χ0) is 22.3. The van der Waals surface area contributed by atoms with Gasteiger partial charge in [0.15, 0.2) is 0 Å². The molecule has 30 heavy (non-hydrogen) atoms. The highest BCUT2D eigenvalue weighted by molar-refractivity contribution is 7.92. The second kappa shape index (κ2) is 10.2. The van der Waals surface area contributed by atoms with E-state index in [0.29, 0.717) is 23.5 Å². The Morgan fingerprint density at radius 2 is 1.70 bits per heavy atom. The Balaban J connectivity index is 2.25. The van der Waals surface area contributed by atoms with Crippen LogP contribution in [-0.4, -0.2) is 39.1 Å². The lowest BCUT2D eigenvalue weighted by molar-refractivity contribution is -0.116. The Kier molecular flexibility index (Phi) is 8.00. The standard InChI is InChI=1S/C22H29N3O4S/c1-5-6-15-23-22(27)19-9-7-8-10-20(19)24-21(26)17(3)25(30(4,28)29)18-13-11-16(2)12-14-18/h7-14,17H,5-6,15H2,1-4H3,(H,23,27)(H,24,26)/t17-/m1/s1. The minimum atomic E-state index is -3.72. The highest BCUT2D eigenvalue weighted by Crippen LogP contribution is 2.23. The van der Waals surface area contributed by atoms with Crippen molar-refractivity contribution in [1.82, 2.24) is 5.32 Å². The third kappa shape index (κ3) is 6.06. The van der Waals surface area contributed by atoms with Crippen molar-refractivity contribution in [2.75, 3.05) is 22.4 Å². The highest BCUT2D eigenvalue weighted by atomic mass is 32.2. The molecule has 0 radical (unpaired) electrons. The molecule has 0 spiro atoms. The molecule has 7 nitrogen and oxygen atoms in total. The predicted molar refractivity (Wildman–Crippen MR) is 120 cm³/mol. The van der Waals surface area contributed by atoms with Crippen molar-refractivity contribution in [3.05, 3.63) is 59.7 Å². The van der Waals surface area contributed by atoms with Crippen LogP contribution in [0.2, 0.25) is 0 Å². The van der Waals surface area contributed by atoms with Crippen LogP contribution in [0.25, 0.3) is 0 Å². The summed E-state index contributed by atoms with van der Waals surface area (Å²) in [5, 5.41) is 5.53. The van der Waals surface area contributed by atoms with Gasteiger partial charge in [-0.3, -0.25) is 13.9 Å². The number of nitrogens with one attached hydrogen (secondary N) is 2. The molecule has 0 heterocycles. The average molecular weight is 432 g/mol. The molecule has 2 rings (SSSR count). The van der Waals surface area contributed by atoms with Crippen molar-refractivity contribution in [1.29, 1.82) is 0 Å². The van der Waals surface area contributed by atoms with E-state index in [0.717, 1.165) is 29.0 Å². The molecule has 0 fully saturated rings. The summed E-state index contributed by atoms with van der Waals surface area (Å²) in [6.45, 7) is 5.99. The Labute approximate surface area is 178 Å². The fraction of sp³-hybridized carbons (Fsp3) is 0.364. The van der Waals surface area contributed by atoms with Crippen molar-refractivity contribution in [2.45, 2.75) is 39.7 Å². The molecule has 0 saturated carbocycles. The molecule has 0 aliphatic heterocycles. The summed E-state index contributed by atoms with van der Waals surface area (Å²) < 4.78 is 25.9. The van der Waals surface area contributed by atoms with Gasteiger partial charge in [-0.05, 0) is 44.5 Å². The van der Waals surface area contributed by atoms with Gasteiger partial charge in [0.05, 0.1) is 23.2 Å². The van der Waals surface area contributed by atoms with Crippen LogP contribution in [0.4, 0.5) is 11.4 Å². The highest BCUT2D eigenvalue weighted by Gasteiger charge is 2.29. The number of rotatable bonds is 9. The number of aryl methyl sites for hydroxylation is 1. The zero-order valence-electron chi connectivity index (χ0n) is 17.8. The Morgan fingerprint density at radius 3 is 2.30 bits per heavy atom. The second-order valence-electron chi connectivity index (χ2n) is 7.21. The van der Waals surface area contributed by atoms with Crippen molar-refractivity contribution in [3.63, 3.8) is 0 Å². The van der Waals surface area contributed by atoms with Crippen LogP contribution < -0.4 is 14.9 Å². The van der Waals surface area contributed by atoms with Crippen LogP contribution in [-0.2, 0) is 14.8 Å². The quantitative estimate of drug-likeness (QED) is 0.596. The number of hydrogen-bond donors (Lipinski definition) is 2. The number of carbonyl (C=O) groups is 2. The molecule has 8 heteroatoms. The number of unbranched alkanes of at least 4 members (excludes halogenated alkanes) is 1. The van der Waals surface area contributed by atoms with Gasteiger partial charge in [0, 0.05) is 6.54 Å². The van der Waals surface area contributed by atoms with Crippen molar-refractivity contribution < 1.29 is 18.0 Å². The van der Waals surface area contributed by atoms with Crippen LogP contribution >= 0.6 is 0 Å². The van der Waals surface area contributed by atoms with Gasteiger partial charge in [0.25, 0.3) is 5.91 Å². The van der Waals surface area contributed by atoms with Crippen molar-refractivity contribution >= 4 is 33.2 Å². The maximum Gasteiger partial charge on any atom is 0.253 e. The number of benzene rings is 2. The Bertz CT molecular complexity index is 988. The number of sulfonamides is 1. The molecular weight excluding hydrogens is 402 g/mol. The molecule has 2 aromatic carbocycles. The largest absolute Gasteiger partial charge is 0.352 e. The van der Waals surface area contributed by atoms with Gasteiger partial charge in [-0.15, -0.1) is 0 Å². The molecule has 0 bridgehead atoms. The van der Waals surface area contributed by atoms with E-state index in [2.05, 4.69) is 10.6 Å². The number of carbonyl (C=O) groups excluding carboxylic acids is 2. The van der Waals surface area contributed by atoms with Gasteiger partial charge in [-0.2, -0.15) is 0 Å². The van der Waals surface area contributed by atoms with E-state index in [9.17, 15) is 18.0 Å². The SMILES string of the molecule is CCCCNC(=O)c1ccccc1NC(=O)[C@@H](C)N(c1ccc(C)cc1)S(C)(=O)=O. The van der Waals surface area contributed by atoms with Crippen LogP contribution in [0.15, 0.2) is 48.5 Å². The van der Waals surface area contributed by atoms with Gasteiger partial charge in [-0.1, -0.05) is 43.2 Å². The fourth-order valence-corrected chi connectivity index (χ4v) is 4.18. The second-order valence-corrected chi connectivity index (χ2v) is 9.07. The first-order valence-electron chi connectivity index (χ1n) is 9.89. The van der Waals surface area contributed by atoms with Crippen LogP contribution in [0.3, 0.4) is 0 Å². The molecule has 2 amide bonds. The molecule has 0 saturated heterocycles. The molecular formula is C22H29N3O4S. The normalized spacial score (nSPS) is 12.1. The molecule has 2 aromatic rings. The van der Waals surface area contributed by atoms with Gasteiger partial charge >= 0.3 is 0 Å². The lowest BCUT2D eigenvalue weighted by atomic mass is 10.1. The first-order chi connectivity index (χ1) is 14.1. The third-order valence-corrected chi connectivity index (χ3v) is 5.86. The number of hydrogen-bond acceptors (Lipinski definition) is 4. The first kappa shape index (κ1) is 23.4. The summed E-state index contributed by atoms with van der Waals surface area (Å²) in [6, 6.07) is 12.5. The number of anilines is 2. The lowest BCUT2D eigenvalue weighted by Crippen LogP contribution is -2.45. The van der Waals surface area contributed by atoms with E-state index in [4.69, 9.17) is 0 Å². The Hall–Kier alpha value is -2.87. The summed E-state index contributed by atoms with van der Waals surface area (Å²) in [6.07, 6.45) is 2.87. The predicted octanol–water partition coefficient (Wildman–Crippen LogP) is 3.32. The number of nitrogens with zero attached hydrogens (tertiary/aromatic N) is 1. The zero-order valence-corrected chi connectivity index (χ0v) is 18.6. The molecule has 0 aromatic heterocycles. The fourth-order valence-electron chi connectivity index (χ4n) is 3.00. The van der Waals surface area contributed by atoms with E-state index in [1.165, 1.54) is 6.92 Å². The summed E-state index contributed by atoms with van der Waals surface area (Å²) in [5.74, 6) is -0.819. The van der Waals surface area contributed by atoms with Crippen LogP contribution in [0.5, 0.6) is 0 Å². The van der Waals surface area contributed by atoms with Crippen LogP contribution in [0.1, 0.15) is 42.6 Å². The van der Waals surface area contributed by atoms with Gasteiger partial charge in [-0.25, -0.2) is 8.42 Å². The van der Waals surface area contributed by atoms with E-state index < -0.39 is 22.0 Å². The first-order valence-corrected chi connectivity index (χ1v) is 11.7. The smallest absolute Gasteiger partial charge is 0.253 e. The minimum Gasteiger partial charge on any atom is -0.352 e. The maximum atomic E-state index is 12.9. The summed E-state index contributed by atoms with van der Waals surface area (Å²) in [4.78, 5) is 25.4. The summed E-state index contributed by atoms with van der Waals surface area (Å²) in [5.41, 5.74) is 2.04. The topological polar surface area (TPSA) is 95.6 Å². The van der Waals surface area contributed by atoms with Crippen molar-refractivity contribution in [3.8, 4) is 0 Å². The average Bonchev–Trinajstić information content (AvgIpc) is 2.69. The Morgan fingerprint density at radius 1 is 1.07 bits per heavy atom. The summed E-state index contributed by atoms with van der Waals surface area (Å²) in [7, 11) is -3.72. The van der Waals surface area contributed by atoms with E-state index >= 15 is 0 Å². The maximum absolute atomic E-state index is 12.9. The monoisotopic (exact) mass is 431 g/mol. The molecule has 0 unspecified atom stereocenters. The van der Waals surface area contributed by atoms with Gasteiger partial charge < -0.3 is 10.6 Å². The lowest BCUT2D eigenvalue weighted by Gasteiger charge is -2.28.